The summed E-state index contributed by atoms with van der Waals surface area (Å²) in [6.07, 6.45) is 1.10. The molecule has 0 atom stereocenters. The van der Waals surface area contributed by atoms with Crippen LogP contribution in [0.1, 0.15) is 50.6 Å². The van der Waals surface area contributed by atoms with Gasteiger partial charge < -0.3 is 4.74 Å². The summed E-state index contributed by atoms with van der Waals surface area (Å²) in [7, 11) is 0. The van der Waals surface area contributed by atoms with Crippen molar-refractivity contribution in [3.8, 4) is 5.75 Å². The molecule has 2 aromatic carbocycles. The summed E-state index contributed by atoms with van der Waals surface area (Å²) in [5, 5.41) is 10.8. The minimum absolute atomic E-state index is 0.0448. The number of carbonyl (C=O) groups is 2. The van der Waals surface area contributed by atoms with Crippen molar-refractivity contribution in [3.05, 3.63) is 76.5 Å². The fourth-order valence-electron chi connectivity index (χ4n) is 3.65. The molecule has 1 aliphatic rings. The number of benzene rings is 2. The molecule has 8 heteroatoms. The van der Waals surface area contributed by atoms with Crippen LogP contribution in [0.3, 0.4) is 0 Å². The number of aromatic nitrogens is 3. The number of fused-ring (bicyclic) bond motifs is 1. The maximum atomic E-state index is 13.3. The normalized spacial score (nSPS) is 13.1. The zero-order valence-corrected chi connectivity index (χ0v) is 19.8. The van der Waals surface area contributed by atoms with Crippen LogP contribution < -0.4 is 9.75 Å². The molecule has 0 aliphatic carbocycles. The molecule has 33 heavy (non-hydrogen) atoms. The van der Waals surface area contributed by atoms with E-state index in [-0.39, 0.29) is 18.1 Å². The second kappa shape index (κ2) is 10.0. The molecule has 3 aromatic rings. The Morgan fingerprint density at radius 3 is 2.30 bits per heavy atom. The average molecular weight is 463 g/mol. The molecule has 1 aliphatic heterocycles. The molecular formula is C25H26N4O3S. The number of thioether (sulfide) groups is 1. The van der Waals surface area contributed by atoms with Crippen LogP contribution in [0.5, 0.6) is 5.75 Å². The van der Waals surface area contributed by atoms with Gasteiger partial charge in [0.2, 0.25) is 11.1 Å². The number of hydrogen-bond acceptors (Lipinski definition) is 6. The van der Waals surface area contributed by atoms with Gasteiger partial charge in [-0.3, -0.25) is 9.59 Å². The van der Waals surface area contributed by atoms with Crippen LogP contribution in [-0.4, -0.2) is 33.2 Å². The standard InChI is InChI=1S/C25H26N4O3S/c1-4-20(30)24-23(18-12-14-19(15-13-18)32-6-3)29(22(31)5-2)28-21(26-27-25(28)33-24)16-17-10-8-7-9-11-17/h7-15H,4-6,16H2,1-3H3. The van der Waals surface area contributed by atoms with Gasteiger partial charge >= 0.3 is 0 Å². The maximum absolute atomic E-state index is 13.3. The highest BCUT2D eigenvalue weighted by Gasteiger charge is 2.36. The smallest absolute Gasteiger partial charge is 0.246 e. The first kappa shape index (κ1) is 22.8. The first-order valence-corrected chi connectivity index (χ1v) is 11.9. The molecular weight excluding hydrogens is 436 g/mol. The Morgan fingerprint density at radius 2 is 1.67 bits per heavy atom. The summed E-state index contributed by atoms with van der Waals surface area (Å²) in [5.41, 5.74) is 2.38. The largest absolute Gasteiger partial charge is 0.494 e. The van der Waals surface area contributed by atoms with Crippen LogP contribution in [0.25, 0.3) is 5.70 Å². The summed E-state index contributed by atoms with van der Waals surface area (Å²) in [5.74, 6) is 1.18. The number of amides is 1. The molecule has 0 bridgehead atoms. The predicted octanol–water partition coefficient (Wildman–Crippen LogP) is 4.60. The zero-order valence-electron chi connectivity index (χ0n) is 18.9. The molecule has 2 heterocycles. The Bertz CT molecular complexity index is 1190. The van der Waals surface area contributed by atoms with Gasteiger partial charge in [0, 0.05) is 24.8 Å². The van der Waals surface area contributed by atoms with Gasteiger partial charge in [0.15, 0.2) is 11.6 Å². The highest BCUT2D eigenvalue weighted by atomic mass is 32.2. The van der Waals surface area contributed by atoms with Crippen LogP contribution in [0.2, 0.25) is 0 Å². The third-order valence-electron chi connectivity index (χ3n) is 5.25. The third kappa shape index (κ3) is 4.57. The van der Waals surface area contributed by atoms with E-state index in [2.05, 4.69) is 10.2 Å². The van der Waals surface area contributed by atoms with Gasteiger partial charge in [-0.1, -0.05) is 44.2 Å². The van der Waals surface area contributed by atoms with Gasteiger partial charge in [0.05, 0.1) is 17.2 Å². The van der Waals surface area contributed by atoms with Crippen LogP contribution in [0.4, 0.5) is 0 Å². The average Bonchev–Trinajstić information content (AvgIpc) is 3.25. The van der Waals surface area contributed by atoms with Crippen molar-refractivity contribution in [2.24, 2.45) is 0 Å². The molecule has 1 aromatic heterocycles. The second-order valence-corrected chi connectivity index (χ2v) is 8.42. The molecule has 0 radical (unpaired) electrons. The van der Waals surface area contributed by atoms with E-state index in [1.165, 1.54) is 11.8 Å². The van der Waals surface area contributed by atoms with Crippen LogP contribution in [0, 0.1) is 0 Å². The second-order valence-electron chi connectivity index (χ2n) is 7.45. The molecule has 170 valence electrons. The molecule has 4 rings (SSSR count). The topological polar surface area (TPSA) is 77.3 Å². The van der Waals surface area contributed by atoms with Gasteiger partial charge in [-0.15, -0.1) is 10.2 Å². The van der Waals surface area contributed by atoms with Crippen LogP contribution in [-0.2, 0) is 16.0 Å². The quantitative estimate of drug-likeness (QED) is 0.487. The number of Topliss-reactive ketones (excluding diaryl/α,β-unsaturated/α-hetero) is 1. The molecule has 7 nitrogen and oxygen atoms in total. The zero-order chi connectivity index (χ0) is 23.4. The number of ether oxygens (including phenoxy) is 1. The first-order chi connectivity index (χ1) is 16.1. The molecule has 0 saturated carbocycles. The van der Waals surface area contributed by atoms with E-state index in [1.54, 1.807) is 9.69 Å². The van der Waals surface area contributed by atoms with Crippen molar-refractivity contribution in [3.63, 3.8) is 0 Å². The summed E-state index contributed by atoms with van der Waals surface area (Å²) in [6.45, 7) is 6.11. The number of ketones is 1. The lowest BCUT2D eigenvalue weighted by molar-refractivity contribution is -0.119. The van der Waals surface area contributed by atoms with Crippen molar-refractivity contribution in [1.82, 2.24) is 14.9 Å². The van der Waals surface area contributed by atoms with Gasteiger partial charge in [-0.25, -0.2) is 9.69 Å². The molecule has 0 saturated heterocycles. The fourth-order valence-corrected chi connectivity index (χ4v) is 4.75. The number of carbonyl (C=O) groups excluding carboxylic acids is 2. The summed E-state index contributed by atoms with van der Waals surface area (Å²) < 4.78 is 7.33. The Kier molecular flexibility index (Phi) is 6.93. The van der Waals surface area contributed by atoms with Crippen LogP contribution in [0.15, 0.2) is 64.7 Å². The lowest BCUT2D eigenvalue weighted by Crippen LogP contribution is -2.43. The highest BCUT2D eigenvalue weighted by Crippen LogP contribution is 2.41. The maximum Gasteiger partial charge on any atom is 0.246 e. The van der Waals surface area contributed by atoms with Crippen molar-refractivity contribution < 1.29 is 14.3 Å². The number of rotatable bonds is 8. The van der Waals surface area contributed by atoms with Crippen molar-refractivity contribution in [1.29, 1.82) is 0 Å². The van der Waals surface area contributed by atoms with E-state index in [9.17, 15) is 9.59 Å². The minimum Gasteiger partial charge on any atom is -0.494 e. The number of hydrogen-bond donors (Lipinski definition) is 0. The summed E-state index contributed by atoms with van der Waals surface area (Å²) >= 11 is 1.26. The van der Waals surface area contributed by atoms with E-state index in [4.69, 9.17) is 4.74 Å². The SMILES string of the molecule is CCOc1ccc(C2=C(C(=O)CC)Sc3nnc(Cc4ccccc4)n3N2C(=O)CC)cc1. The predicted molar refractivity (Wildman–Crippen MR) is 128 cm³/mol. The third-order valence-corrected chi connectivity index (χ3v) is 6.32. The lowest BCUT2D eigenvalue weighted by atomic mass is 10.1. The highest BCUT2D eigenvalue weighted by molar-refractivity contribution is 8.04. The molecule has 0 fully saturated rings. The van der Waals surface area contributed by atoms with Gasteiger partial charge in [0.1, 0.15) is 5.75 Å². The first-order valence-electron chi connectivity index (χ1n) is 11.1. The molecule has 0 unspecified atom stereocenters. The lowest BCUT2D eigenvalue weighted by Gasteiger charge is -2.33. The van der Waals surface area contributed by atoms with Crippen molar-refractivity contribution in [2.45, 2.75) is 45.2 Å². The van der Waals surface area contributed by atoms with E-state index in [0.29, 0.717) is 41.0 Å². The van der Waals surface area contributed by atoms with E-state index >= 15 is 0 Å². The minimum atomic E-state index is -0.143. The van der Waals surface area contributed by atoms with Crippen LogP contribution >= 0.6 is 11.8 Å². The Hall–Kier alpha value is -3.39. The van der Waals surface area contributed by atoms with Crippen molar-refractivity contribution in [2.75, 3.05) is 11.6 Å². The summed E-state index contributed by atoms with van der Waals surface area (Å²) in [6, 6.07) is 17.4. The Balaban J connectivity index is 1.86. The van der Waals surface area contributed by atoms with E-state index < -0.39 is 0 Å². The van der Waals surface area contributed by atoms with E-state index in [0.717, 1.165) is 16.9 Å². The van der Waals surface area contributed by atoms with Crippen molar-refractivity contribution >= 4 is 29.1 Å². The van der Waals surface area contributed by atoms with Gasteiger partial charge in [-0.05, 0) is 48.5 Å². The molecule has 0 N–H and O–H groups in total. The Labute approximate surface area is 197 Å². The molecule has 1 amide bonds. The Morgan fingerprint density at radius 1 is 0.939 bits per heavy atom. The van der Waals surface area contributed by atoms with Gasteiger partial charge in [0.25, 0.3) is 0 Å². The summed E-state index contributed by atoms with van der Waals surface area (Å²) in [4.78, 5) is 26.8. The van der Waals surface area contributed by atoms with Gasteiger partial charge in [-0.2, -0.15) is 0 Å². The molecule has 0 spiro atoms. The fraction of sp³-hybridized carbons (Fsp3) is 0.280. The number of allylic oxidation sites excluding steroid dienone is 1. The number of nitrogens with zero attached hydrogens (tertiary/aromatic N) is 4. The monoisotopic (exact) mass is 462 g/mol. The van der Waals surface area contributed by atoms with E-state index in [1.807, 2.05) is 75.4 Å².